The number of amides is 1. The summed E-state index contributed by atoms with van der Waals surface area (Å²) in [5.41, 5.74) is 0.829. The quantitative estimate of drug-likeness (QED) is 0.777. The molecule has 0 aliphatic heterocycles. The summed E-state index contributed by atoms with van der Waals surface area (Å²) in [5, 5.41) is 0. The molecule has 0 aliphatic carbocycles. The Hall–Kier alpha value is -2.15. The van der Waals surface area contributed by atoms with Crippen molar-refractivity contribution in [3.63, 3.8) is 0 Å². The first-order chi connectivity index (χ1) is 10.4. The SMILES string of the molecule is COC(=O)c1cc(CN(C)C(=O)c2cncc(Br)c2)oc1C. The summed E-state index contributed by atoms with van der Waals surface area (Å²) in [7, 11) is 2.96. The zero-order chi connectivity index (χ0) is 16.3. The summed E-state index contributed by atoms with van der Waals surface area (Å²) in [6.07, 6.45) is 3.10. The topological polar surface area (TPSA) is 72.6 Å². The minimum absolute atomic E-state index is 0.192. The number of carbonyl (C=O) groups is 2. The van der Waals surface area contributed by atoms with E-state index in [1.807, 2.05) is 0 Å². The fraction of sp³-hybridized carbons (Fsp3) is 0.267. The fourth-order valence-corrected chi connectivity index (χ4v) is 2.35. The molecule has 0 N–H and O–H groups in total. The number of rotatable bonds is 4. The van der Waals surface area contributed by atoms with Gasteiger partial charge >= 0.3 is 5.97 Å². The van der Waals surface area contributed by atoms with Gasteiger partial charge in [-0.25, -0.2) is 4.79 Å². The molecule has 2 rings (SSSR count). The van der Waals surface area contributed by atoms with Gasteiger partial charge in [-0.05, 0) is 35.0 Å². The third-order valence-electron chi connectivity index (χ3n) is 3.07. The smallest absolute Gasteiger partial charge is 0.341 e. The molecule has 2 heterocycles. The van der Waals surface area contributed by atoms with Gasteiger partial charge in [0.2, 0.25) is 0 Å². The van der Waals surface area contributed by atoms with E-state index in [4.69, 9.17) is 4.42 Å². The summed E-state index contributed by atoms with van der Waals surface area (Å²) in [6.45, 7) is 1.92. The summed E-state index contributed by atoms with van der Waals surface area (Å²) >= 11 is 3.28. The molecule has 22 heavy (non-hydrogen) atoms. The van der Waals surface area contributed by atoms with Crippen LogP contribution in [0.3, 0.4) is 0 Å². The summed E-state index contributed by atoms with van der Waals surface area (Å²) in [5.74, 6) is 0.323. The number of hydrogen-bond acceptors (Lipinski definition) is 5. The van der Waals surface area contributed by atoms with Gasteiger partial charge in [-0.2, -0.15) is 0 Å². The maximum atomic E-state index is 12.3. The van der Waals surface area contributed by atoms with Crippen LogP contribution < -0.4 is 0 Å². The number of methoxy groups -OCH3 is 1. The summed E-state index contributed by atoms with van der Waals surface area (Å²) in [4.78, 5) is 29.3. The van der Waals surface area contributed by atoms with Gasteiger partial charge in [0.1, 0.15) is 17.1 Å². The highest BCUT2D eigenvalue weighted by molar-refractivity contribution is 9.10. The van der Waals surface area contributed by atoms with Gasteiger partial charge in [-0.15, -0.1) is 0 Å². The lowest BCUT2D eigenvalue weighted by Gasteiger charge is -2.15. The van der Waals surface area contributed by atoms with E-state index in [0.717, 1.165) is 4.47 Å². The highest BCUT2D eigenvalue weighted by atomic mass is 79.9. The average molecular weight is 367 g/mol. The number of nitrogens with zero attached hydrogens (tertiary/aromatic N) is 2. The number of pyridine rings is 1. The van der Waals surface area contributed by atoms with E-state index >= 15 is 0 Å². The minimum atomic E-state index is -0.460. The van der Waals surface area contributed by atoms with E-state index in [2.05, 4.69) is 25.7 Å². The number of halogens is 1. The van der Waals surface area contributed by atoms with Crippen LogP contribution in [0.15, 0.2) is 33.4 Å². The van der Waals surface area contributed by atoms with Crippen LogP contribution in [0.25, 0.3) is 0 Å². The Morgan fingerprint density at radius 2 is 2.09 bits per heavy atom. The largest absolute Gasteiger partial charge is 0.465 e. The predicted molar refractivity (Wildman–Crippen MR) is 82.5 cm³/mol. The van der Waals surface area contributed by atoms with Crippen LogP contribution in [0.1, 0.15) is 32.2 Å². The Kier molecular flexibility index (Phi) is 4.97. The van der Waals surface area contributed by atoms with Gasteiger partial charge in [-0.3, -0.25) is 9.78 Å². The van der Waals surface area contributed by atoms with Gasteiger partial charge in [0.05, 0.1) is 19.2 Å². The van der Waals surface area contributed by atoms with E-state index in [0.29, 0.717) is 22.6 Å². The van der Waals surface area contributed by atoms with Crippen molar-refractivity contribution in [3.8, 4) is 0 Å². The highest BCUT2D eigenvalue weighted by Crippen LogP contribution is 2.18. The summed E-state index contributed by atoms with van der Waals surface area (Å²) in [6, 6.07) is 3.28. The second-order valence-corrected chi connectivity index (χ2v) is 5.64. The molecule has 0 atom stereocenters. The van der Waals surface area contributed by atoms with Gasteiger partial charge in [-0.1, -0.05) is 0 Å². The molecule has 7 heteroatoms. The molecule has 1 amide bonds. The predicted octanol–water partition coefficient (Wildman–Crippen LogP) is 2.80. The van der Waals surface area contributed by atoms with Gasteiger partial charge in [0.15, 0.2) is 0 Å². The summed E-state index contributed by atoms with van der Waals surface area (Å²) < 4.78 is 10.9. The third kappa shape index (κ3) is 3.54. The number of furan rings is 1. The molecular formula is C15H15BrN2O4. The number of hydrogen-bond donors (Lipinski definition) is 0. The number of aromatic nitrogens is 1. The molecule has 0 spiro atoms. The first kappa shape index (κ1) is 16.2. The van der Waals surface area contributed by atoms with Crippen LogP contribution >= 0.6 is 15.9 Å². The van der Waals surface area contributed by atoms with Gasteiger partial charge < -0.3 is 14.1 Å². The van der Waals surface area contributed by atoms with Crippen LogP contribution in [0.5, 0.6) is 0 Å². The van der Waals surface area contributed by atoms with Crippen molar-refractivity contribution in [3.05, 3.63) is 51.6 Å². The second-order valence-electron chi connectivity index (χ2n) is 4.73. The standard InChI is InChI=1S/C15H15BrN2O4/c1-9-13(15(20)21-3)5-12(22-9)8-18(2)14(19)10-4-11(16)7-17-6-10/h4-7H,8H2,1-3H3. The van der Waals surface area contributed by atoms with Crippen LogP contribution in [-0.2, 0) is 11.3 Å². The second kappa shape index (κ2) is 6.74. The number of esters is 1. The van der Waals surface area contributed by atoms with E-state index < -0.39 is 5.97 Å². The van der Waals surface area contributed by atoms with Crippen molar-refractivity contribution >= 4 is 27.8 Å². The molecule has 0 fully saturated rings. The Morgan fingerprint density at radius 3 is 2.73 bits per heavy atom. The number of carbonyl (C=O) groups excluding carboxylic acids is 2. The van der Waals surface area contributed by atoms with Crippen molar-refractivity contribution in [2.24, 2.45) is 0 Å². The third-order valence-corrected chi connectivity index (χ3v) is 3.50. The van der Waals surface area contributed by atoms with E-state index in [1.54, 1.807) is 32.3 Å². The van der Waals surface area contributed by atoms with Crippen LogP contribution in [0.4, 0.5) is 0 Å². The molecular weight excluding hydrogens is 352 g/mol. The average Bonchev–Trinajstić information content (AvgIpc) is 2.86. The lowest BCUT2D eigenvalue weighted by Crippen LogP contribution is -2.26. The molecule has 0 saturated heterocycles. The minimum Gasteiger partial charge on any atom is -0.465 e. The number of aryl methyl sites for hydroxylation is 1. The van der Waals surface area contributed by atoms with E-state index in [1.165, 1.54) is 18.2 Å². The van der Waals surface area contributed by atoms with E-state index in [9.17, 15) is 9.59 Å². The molecule has 6 nitrogen and oxygen atoms in total. The van der Waals surface area contributed by atoms with Gasteiger partial charge in [0.25, 0.3) is 5.91 Å². The van der Waals surface area contributed by atoms with Gasteiger partial charge in [0, 0.05) is 23.9 Å². The van der Waals surface area contributed by atoms with Crippen molar-refractivity contribution in [2.75, 3.05) is 14.2 Å². The molecule has 0 aromatic carbocycles. The molecule has 0 unspecified atom stereocenters. The lowest BCUT2D eigenvalue weighted by atomic mass is 10.2. The maximum absolute atomic E-state index is 12.3. The molecule has 0 bridgehead atoms. The van der Waals surface area contributed by atoms with Crippen molar-refractivity contribution < 1.29 is 18.7 Å². The van der Waals surface area contributed by atoms with Crippen LogP contribution in [0.2, 0.25) is 0 Å². The zero-order valence-electron chi connectivity index (χ0n) is 12.4. The normalized spacial score (nSPS) is 10.4. The van der Waals surface area contributed by atoms with E-state index in [-0.39, 0.29) is 12.5 Å². The van der Waals surface area contributed by atoms with Crippen LogP contribution in [0, 0.1) is 6.92 Å². The fourth-order valence-electron chi connectivity index (χ4n) is 1.99. The Morgan fingerprint density at radius 1 is 1.36 bits per heavy atom. The Bertz CT molecular complexity index is 711. The maximum Gasteiger partial charge on any atom is 0.341 e. The molecule has 0 radical (unpaired) electrons. The Balaban J connectivity index is 2.13. The van der Waals surface area contributed by atoms with Crippen molar-refractivity contribution in [2.45, 2.75) is 13.5 Å². The first-order valence-electron chi connectivity index (χ1n) is 6.46. The van der Waals surface area contributed by atoms with Crippen molar-refractivity contribution in [1.29, 1.82) is 0 Å². The first-order valence-corrected chi connectivity index (χ1v) is 7.25. The molecule has 0 saturated carbocycles. The lowest BCUT2D eigenvalue weighted by molar-refractivity contribution is 0.0598. The monoisotopic (exact) mass is 366 g/mol. The highest BCUT2D eigenvalue weighted by Gasteiger charge is 2.19. The number of ether oxygens (including phenoxy) is 1. The molecule has 2 aromatic rings. The molecule has 116 valence electrons. The Labute approximate surface area is 136 Å². The van der Waals surface area contributed by atoms with Crippen LogP contribution in [-0.4, -0.2) is 35.9 Å². The van der Waals surface area contributed by atoms with Crippen molar-refractivity contribution in [1.82, 2.24) is 9.88 Å². The molecule has 0 aliphatic rings. The zero-order valence-corrected chi connectivity index (χ0v) is 14.0. The molecule has 2 aromatic heterocycles.